The Labute approximate surface area is 118 Å². The van der Waals surface area contributed by atoms with Gasteiger partial charge in [-0.05, 0) is 36.8 Å². The van der Waals surface area contributed by atoms with E-state index < -0.39 is 16.4 Å². The quantitative estimate of drug-likeness (QED) is 0.658. The molecule has 1 aliphatic carbocycles. The van der Waals surface area contributed by atoms with Crippen LogP contribution < -0.4 is 5.32 Å². The van der Waals surface area contributed by atoms with Gasteiger partial charge in [0.25, 0.3) is 0 Å². The van der Waals surface area contributed by atoms with E-state index in [9.17, 15) is 14.5 Å². The molecular formula is C15H21FN2O2. The number of halogens is 1. The second-order valence-corrected chi connectivity index (χ2v) is 5.94. The molecule has 2 rings (SSSR count). The summed E-state index contributed by atoms with van der Waals surface area (Å²) in [5.41, 5.74) is 0.165. The molecule has 4 nitrogen and oxygen atoms in total. The fourth-order valence-corrected chi connectivity index (χ4v) is 2.94. The molecule has 2 atom stereocenters. The van der Waals surface area contributed by atoms with Crippen LogP contribution in [0.15, 0.2) is 18.2 Å². The van der Waals surface area contributed by atoms with Gasteiger partial charge in [0.1, 0.15) is 0 Å². The third-order valence-corrected chi connectivity index (χ3v) is 4.17. The number of rotatable bonds is 4. The van der Waals surface area contributed by atoms with Crippen molar-refractivity contribution < 1.29 is 9.31 Å². The van der Waals surface area contributed by atoms with Gasteiger partial charge in [-0.2, -0.15) is 4.39 Å². The van der Waals surface area contributed by atoms with Crippen LogP contribution in [0.2, 0.25) is 0 Å². The Hall–Kier alpha value is -1.65. The molecule has 1 aromatic carbocycles. The third-order valence-electron chi connectivity index (χ3n) is 4.17. The summed E-state index contributed by atoms with van der Waals surface area (Å²) in [6, 6.07) is 4.33. The highest BCUT2D eigenvalue weighted by molar-refractivity contribution is 5.52. The van der Waals surface area contributed by atoms with Crippen LogP contribution in [0.3, 0.4) is 0 Å². The topological polar surface area (TPSA) is 55.2 Å². The minimum Gasteiger partial charge on any atom is -0.382 e. The lowest BCUT2D eigenvalue weighted by atomic mass is 9.79. The number of hydrogen-bond donors (Lipinski definition) is 1. The molecule has 0 saturated heterocycles. The second kappa shape index (κ2) is 6.20. The van der Waals surface area contributed by atoms with Gasteiger partial charge in [-0.15, -0.1) is 0 Å². The first-order valence-electron chi connectivity index (χ1n) is 7.18. The first-order chi connectivity index (χ1) is 9.47. The van der Waals surface area contributed by atoms with Crippen molar-refractivity contribution in [2.24, 2.45) is 11.8 Å². The SMILES string of the molecule is CC(C)C1CCCC(Nc2ccc(F)c([N+](=O)[O-])c2)C1. The van der Waals surface area contributed by atoms with Crippen LogP contribution in [0.5, 0.6) is 0 Å². The number of nitrogens with zero attached hydrogens (tertiary/aromatic N) is 1. The van der Waals surface area contributed by atoms with Gasteiger partial charge in [0.15, 0.2) is 0 Å². The highest BCUT2D eigenvalue weighted by Gasteiger charge is 2.24. The van der Waals surface area contributed by atoms with E-state index in [-0.39, 0.29) is 0 Å². The monoisotopic (exact) mass is 280 g/mol. The lowest BCUT2D eigenvalue weighted by molar-refractivity contribution is -0.387. The molecule has 1 aromatic rings. The van der Waals surface area contributed by atoms with Gasteiger partial charge < -0.3 is 5.32 Å². The zero-order chi connectivity index (χ0) is 14.7. The molecule has 1 fully saturated rings. The number of anilines is 1. The summed E-state index contributed by atoms with van der Waals surface area (Å²) in [4.78, 5) is 10.1. The second-order valence-electron chi connectivity index (χ2n) is 5.94. The van der Waals surface area contributed by atoms with E-state index >= 15 is 0 Å². The van der Waals surface area contributed by atoms with Crippen LogP contribution >= 0.6 is 0 Å². The molecule has 0 heterocycles. The lowest BCUT2D eigenvalue weighted by Gasteiger charge is -2.32. The summed E-state index contributed by atoms with van der Waals surface area (Å²) >= 11 is 0. The summed E-state index contributed by atoms with van der Waals surface area (Å²) in [5.74, 6) is 0.558. The van der Waals surface area contributed by atoms with E-state index in [0.717, 1.165) is 18.9 Å². The number of nitro benzene ring substituents is 1. The number of nitrogens with one attached hydrogen (secondary N) is 1. The molecule has 1 N–H and O–H groups in total. The Morgan fingerprint density at radius 1 is 1.40 bits per heavy atom. The van der Waals surface area contributed by atoms with Crippen LogP contribution in [0.1, 0.15) is 39.5 Å². The number of hydrogen-bond acceptors (Lipinski definition) is 3. The zero-order valence-electron chi connectivity index (χ0n) is 11.9. The van der Waals surface area contributed by atoms with Gasteiger partial charge in [-0.3, -0.25) is 10.1 Å². The fourth-order valence-electron chi connectivity index (χ4n) is 2.94. The van der Waals surface area contributed by atoms with Crippen molar-refractivity contribution in [3.05, 3.63) is 34.1 Å². The zero-order valence-corrected chi connectivity index (χ0v) is 11.9. The average molecular weight is 280 g/mol. The maximum Gasteiger partial charge on any atom is 0.306 e. The molecule has 0 amide bonds. The minimum absolute atomic E-state index is 0.321. The highest BCUT2D eigenvalue weighted by Crippen LogP contribution is 2.32. The summed E-state index contributed by atoms with van der Waals surface area (Å²) in [6.07, 6.45) is 4.56. The van der Waals surface area contributed by atoms with Gasteiger partial charge in [-0.25, -0.2) is 0 Å². The van der Waals surface area contributed by atoms with Crippen molar-refractivity contribution in [1.82, 2.24) is 0 Å². The maximum atomic E-state index is 13.3. The van der Waals surface area contributed by atoms with E-state index in [1.807, 2.05) is 0 Å². The fraction of sp³-hybridized carbons (Fsp3) is 0.600. The predicted molar refractivity (Wildman–Crippen MR) is 77.3 cm³/mol. The number of nitro groups is 1. The molecule has 0 radical (unpaired) electrons. The Bertz CT molecular complexity index is 491. The predicted octanol–water partition coefficient (Wildman–Crippen LogP) is 4.36. The first kappa shape index (κ1) is 14.8. The Kier molecular flexibility index (Phi) is 4.57. The Morgan fingerprint density at radius 3 is 2.80 bits per heavy atom. The third kappa shape index (κ3) is 3.46. The van der Waals surface area contributed by atoms with Crippen LogP contribution in [0, 0.1) is 27.8 Å². The minimum atomic E-state index is -0.788. The van der Waals surface area contributed by atoms with Crippen molar-refractivity contribution >= 4 is 11.4 Å². The molecule has 0 aliphatic heterocycles. The first-order valence-corrected chi connectivity index (χ1v) is 7.18. The van der Waals surface area contributed by atoms with Gasteiger partial charge >= 0.3 is 5.69 Å². The standard InChI is InChI=1S/C15H21FN2O2/c1-10(2)11-4-3-5-12(8-11)17-13-6-7-14(16)15(9-13)18(19)20/h6-7,9-12,17H,3-5,8H2,1-2H3. The van der Waals surface area contributed by atoms with Crippen molar-refractivity contribution in [2.75, 3.05) is 5.32 Å². The molecule has 0 spiro atoms. The van der Waals surface area contributed by atoms with Crippen molar-refractivity contribution in [1.29, 1.82) is 0 Å². The van der Waals surface area contributed by atoms with E-state index in [4.69, 9.17) is 0 Å². The normalized spacial score (nSPS) is 22.8. The summed E-state index contributed by atoms with van der Waals surface area (Å²) in [6.45, 7) is 4.46. The van der Waals surface area contributed by atoms with Crippen molar-refractivity contribution in [3.8, 4) is 0 Å². The van der Waals surface area contributed by atoms with Crippen molar-refractivity contribution in [3.63, 3.8) is 0 Å². The van der Waals surface area contributed by atoms with Gasteiger partial charge in [0, 0.05) is 17.8 Å². The summed E-state index contributed by atoms with van der Waals surface area (Å²) < 4.78 is 13.3. The van der Waals surface area contributed by atoms with Crippen molar-refractivity contribution in [2.45, 2.75) is 45.6 Å². The average Bonchev–Trinajstić information content (AvgIpc) is 2.41. The molecule has 0 bridgehead atoms. The Balaban J connectivity index is 2.06. The number of benzene rings is 1. The van der Waals surface area contributed by atoms with Crippen LogP contribution in [0.25, 0.3) is 0 Å². The molecule has 5 heteroatoms. The summed E-state index contributed by atoms with van der Waals surface area (Å²) in [5, 5.41) is 14.1. The van der Waals surface area contributed by atoms with E-state index in [0.29, 0.717) is 23.6 Å². The summed E-state index contributed by atoms with van der Waals surface area (Å²) in [7, 11) is 0. The van der Waals surface area contributed by atoms with Gasteiger partial charge in [-0.1, -0.05) is 26.7 Å². The molecule has 1 aliphatic rings. The van der Waals surface area contributed by atoms with Gasteiger partial charge in [0.05, 0.1) is 4.92 Å². The molecule has 20 heavy (non-hydrogen) atoms. The molecule has 0 aromatic heterocycles. The van der Waals surface area contributed by atoms with Gasteiger partial charge in [0.2, 0.25) is 5.82 Å². The molecule has 2 unspecified atom stereocenters. The molecular weight excluding hydrogens is 259 g/mol. The van der Waals surface area contributed by atoms with Crippen LogP contribution in [-0.2, 0) is 0 Å². The largest absolute Gasteiger partial charge is 0.382 e. The molecule has 1 saturated carbocycles. The lowest BCUT2D eigenvalue weighted by Crippen LogP contribution is -2.29. The maximum absolute atomic E-state index is 13.3. The van der Waals surface area contributed by atoms with E-state index in [2.05, 4.69) is 19.2 Å². The van der Waals surface area contributed by atoms with E-state index in [1.54, 1.807) is 6.07 Å². The highest BCUT2D eigenvalue weighted by atomic mass is 19.1. The van der Waals surface area contributed by atoms with E-state index in [1.165, 1.54) is 18.9 Å². The smallest absolute Gasteiger partial charge is 0.306 e. The molecule has 110 valence electrons. The Morgan fingerprint density at radius 2 is 2.15 bits per heavy atom. The van der Waals surface area contributed by atoms with Crippen LogP contribution in [-0.4, -0.2) is 11.0 Å². The van der Waals surface area contributed by atoms with Crippen LogP contribution in [0.4, 0.5) is 15.8 Å².